The summed E-state index contributed by atoms with van der Waals surface area (Å²) in [5, 5.41) is 6.57. The first-order valence-corrected chi connectivity index (χ1v) is 8.58. The predicted octanol–water partition coefficient (Wildman–Crippen LogP) is 4.05. The Hall–Kier alpha value is -1.26. The van der Waals surface area contributed by atoms with Crippen LogP contribution >= 0.6 is 23.1 Å². The van der Waals surface area contributed by atoms with Gasteiger partial charge in [0.25, 0.3) is 0 Å². The number of thiophene rings is 1. The molecule has 1 N–H and O–H groups in total. The largest absolute Gasteiger partial charge is 0.302 e. The molecular weight excluding hydrogens is 272 g/mol. The van der Waals surface area contributed by atoms with E-state index in [-0.39, 0.29) is 0 Å². The number of benzene rings is 1. The Balaban J connectivity index is 1.69. The highest BCUT2D eigenvalue weighted by molar-refractivity contribution is 7.97. The predicted molar refractivity (Wildman–Crippen MR) is 85.0 cm³/mol. The first-order valence-electron chi connectivity index (χ1n) is 6.30. The molecule has 0 fully saturated rings. The highest BCUT2D eigenvalue weighted by atomic mass is 32.2. The Labute approximate surface area is 121 Å². The average Bonchev–Trinajstić information content (AvgIpc) is 3.11. The zero-order valence-corrected chi connectivity index (χ0v) is 12.4. The average molecular weight is 288 g/mol. The maximum atomic E-state index is 4.47. The molecule has 0 bridgehead atoms. The van der Waals surface area contributed by atoms with Crippen LogP contribution in [0.2, 0.25) is 0 Å². The molecule has 0 aliphatic carbocycles. The fraction of sp³-hybridized carbons (Fsp3) is 0.267. The fourth-order valence-corrected chi connectivity index (χ4v) is 3.50. The maximum Gasteiger partial charge on any atom is 0.0799 e. The minimum atomic E-state index is 0.320. The molecule has 0 radical (unpaired) electrons. The van der Waals surface area contributed by atoms with Crippen LogP contribution in [0.15, 0.2) is 46.9 Å². The van der Waals surface area contributed by atoms with Crippen LogP contribution in [-0.4, -0.2) is 12.0 Å². The summed E-state index contributed by atoms with van der Waals surface area (Å²) < 4.78 is 0. The lowest BCUT2D eigenvalue weighted by Crippen LogP contribution is -2.09. The molecule has 1 aliphatic rings. The van der Waals surface area contributed by atoms with Gasteiger partial charge in [-0.15, -0.1) is 11.3 Å². The smallest absolute Gasteiger partial charge is 0.0799 e. The van der Waals surface area contributed by atoms with Crippen molar-refractivity contribution in [1.82, 2.24) is 5.43 Å². The topological polar surface area (TPSA) is 24.4 Å². The van der Waals surface area contributed by atoms with Crippen molar-refractivity contribution in [3.8, 4) is 0 Å². The maximum absolute atomic E-state index is 4.47. The number of hydrogen-bond donors (Lipinski definition) is 1. The molecule has 1 aromatic heterocycles. The number of nitrogens with zero attached hydrogens (tertiary/aromatic N) is 1. The van der Waals surface area contributed by atoms with Crippen molar-refractivity contribution in [1.29, 1.82) is 0 Å². The quantitative estimate of drug-likeness (QED) is 0.918. The molecule has 2 heterocycles. The normalized spacial score (nSPS) is 18.2. The molecule has 0 spiro atoms. The second kappa shape index (κ2) is 5.80. The van der Waals surface area contributed by atoms with Crippen LogP contribution < -0.4 is 5.43 Å². The van der Waals surface area contributed by atoms with Crippen molar-refractivity contribution in [2.24, 2.45) is 5.10 Å². The van der Waals surface area contributed by atoms with Gasteiger partial charge < -0.3 is 5.43 Å². The van der Waals surface area contributed by atoms with Gasteiger partial charge in [0.2, 0.25) is 0 Å². The van der Waals surface area contributed by atoms with Gasteiger partial charge in [0.15, 0.2) is 0 Å². The Bertz CT molecular complexity index is 558. The number of nitrogens with one attached hydrogen (secondary N) is 1. The van der Waals surface area contributed by atoms with Crippen LogP contribution in [0.25, 0.3) is 0 Å². The van der Waals surface area contributed by atoms with Gasteiger partial charge in [-0.3, -0.25) is 0 Å². The van der Waals surface area contributed by atoms with E-state index in [1.807, 2.05) is 11.8 Å². The molecule has 0 saturated carbocycles. The molecule has 3 rings (SSSR count). The number of rotatable bonds is 4. The fourth-order valence-electron chi connectivity index (χ4n) is 2.24. The van der Waals surface area contributed by atoms with Gasteiger partial charge in [-0.25, -0.2) is 0 Å². The van der Waals surface area contributed by atoms with Crippen molar-refractivity contribution in [2.75, 3.05) is 6.26 Å². The van der Waals surface area contributed by atoms with E-state index in [1.165, 1.54) is 21.7 Å². The van der Waals surface area contributed by atoms with Crippen molar-refractivity contribution in [3.05, 3.63) is 57.8 Å². The summed E-state index contributed by atoms with van der Waals surface area (Å²) in [5.41, 5.74) is 7.13. The van der Waals surface area contributed by atoms with E-state index in [4.69, 9.17) is 0 Å². The summed E-state index contributed by atoms with van der Waals surface area (Å²) in [6.07, 6.45) is 3.11. The zero-order chi connectivity index (χ0) is 13.1. The van der Waals surface area contributed by atoms with E-state index >= 15 is 0 Å². The highest BCUT2D eigenvalue weighted by Gasteiger charge is 2.21. The SMILES string of the molecule is CSCc1ccc(C2CC(c3cccs3)=NN2)cc1. The number of thioether (sulfide) groups is 1. The summed E-state index contributed by atoms with van der Waals surface area (Å²) in [6, 6.07) is 13.4. The molecule has 1 unspecified atom stereocenters. The van der Waals surface area contributed by atoms with Gasteiger partial charge in [-0.1, -0.05) is 30.3 Å². The third kappa shape index (κ3) is 2.85. The van der Waals surface area contributed by atoms with Crippen LogP contribution in [0.3, 0.4) is 0 Å². The van der Waals surface area contributed by atoms with Gasteiger partial charge >= 0.3 is 0 Å². The van der Waals surface area contributed by atoms with Crippen molar-refractivity contribution in [3.63, 3.8) is 0 Å². The summed E-state index contributed by atoms with van der Waals surface area (Å²) in [7, 11) is 0. The standard InChI is InChI=1S/C15H16N2S2/c1-18-10-11-4-6-12(7-5-11)13-9-14(17-16-13)15-3-2-8-19-15/h2-8,13,16H,9-10H2,1H3. The summed E-state index contributed by atoms with van der Waals surface area (Å²) in [4.78, 5) is 1.27. The van der Waals surface area contributed by atoms with Crippen LogP contribution in [0.4, 0.5) is 0 Å². The Kier molecular flexibility index (Phi) is 3.89. The van der Waals surface area contributed by atoms with E-state index in [9.17, 15) is 0 Å². The lowest BCUT2D eigenvalue weighted by molar-refractivity contribution is 0.620. The third-order valence-electron chi connectivity index (χ3n) is 3.25. The second-order valence-electron chi connectivity index (χ2n) is 4.60. The molecule has 1 atom stereocenters. The monoisotopic (exact) mass is 288 g/mol. The van der Waals surface area contributed by atoms with E-state index in [1.54, 1.807) is 11.3 Å². The molecule has 2 aromatic rings. The Morgan fingerprint density at radius 1 is 1.32 bits per heavy atom. The van der Waals surface area contributed by atoms with Gasteiger partial charge in [0.1, 0.15) is 0 Å². The zero-order valence-electron chi connectivity index (χ0n) is 10.8. The molecule has 1 aromatic carbocycles. The molecule has 0 amide bonds. The molecular formula is C15H16N2S2. The molecule has 1 aliphatic heterocycles. The van der Waals surface area contributed by atoms with Gasteiger partial charge in [-0.2, -0.15) is 16.9 Å². The Morgan fingerprint density at radius 2 is 2.16 bits per heavy atom. The lowest BCUT2D eigenvalue weighted by atomic mass is 10.0. The minimum Gasteiger partial charge on any atom is -0.302 e. The molecule has 2 nitrogen and oxygen atoms in total. The van der Waals surface area contributed by atoms with Crippen LogP contribution in [0.5, 0.6) is 0 Å². The van der Waals surface area contributed by atoms with Gasteiger partial charge in [-0.05, 0) is 28.8 Å². The Morgan fingerprint density at radius 3 is 2.84 bits per heavy atom. The molecule has 98 valence electrons. The van der Waals surface area contributed by atoms with Crippen molar-refractivity contribution >= 4 is 28.8 Å². The van der Waals surface area contributed by atoms with Crippen LogP contribution in [-0.2, 0) is 5.75 Å². The first-order chi connectivity index (χ1) is 9.36. The van der Waals surface area contributed by atoms with Gasteiger partial charge in [0.05, 0.1) is 16.6 Å². The van der Waals surface area contributed by atoms with Crippen molar-refractivity contribution in [2.45, 2.75) is 18.2 Å². The molecule has 4 heteroatoms. The molecule has 19 heavy (non-hydrogen) atoms. The summed E-state index contributed by atoms with van der Waals surface area (Å²) in [5.74, 6) is 1.08. The van der Waals surface area contributed by atoms with E-state index < -0.39 is 0 Å². The van der Waals surface area contributed by atoms with Crippen LogP contribution in [0, 0.1) is 0 Å². The van der Waals surface area contributed by atoms with Gasteiger partial charge in [0, 0.05) is 12.2 Å². The van der Waals surface area contributed by atoms with Crippen molar-refractivity contribution < 1.29 is 0 Å². The first kappa shape index (κ1) is 12.8. The number of hydrogen-bond acceptors (Lipinski definition) is 4. The number of hydrazone groups is 1. The summed E-state index contributed by atoms with van der Waals surface area (Å²) in [6.45, 7) is 0. The van der Waals surface area contributed by atoms with E-state index in [0.29, 0.717) is 6.04 Å². The van der Waals surface area contributed by atoms with E-state index in [2.05, 4.69) is 58.6 Å². The summed E-state index contributed by atoms with van der Waals surface area (Å²) >= 11 is 3.61. The van der Waals surface area contributed by atoms with E-state index in [0.717, 1.165) is 12.2 Å². The minimum absolute atomic E-state index is 0.320. The van der Waals surface area contributed by atoms with Crippen LogP contribution in [0.1, 0.15) is 28.5 Å². The third-order valence-corrected chi connectivity index (χ3v) is 4.79. The second-order valence-corrected chi connectivity index (χ2v) is 6.41. The molecule has 0 saturated heterocycles. The highest BCUT2D eigenvalue weighted by Crippen LogP contribution is 2.26. The lowest BCUT2D eigenvalue weighted by Gasteiger charge is -2.10.